The highest BCUT2D eigenvalue weighted by Gasteiger charge is 2.14. The molecule has 0 atom stereocenters. The average Bonchev–Trinajstić information content (AvgIpc) is 3.17. The molecule has 0 radical (unpaired) electrons. The Kier molecular flexibility index (Phi) is 3.95. The first-order valence-electron chi connectivity index (χ1n) is 6.95. The van der Waals surface area contributed by atoms with E-state index in [4.69, 9.17) is 4.74 Å². The third-order valence-corrected chi connectivity index (χ3v) is 6.05. The molecule has 8 heteroatoms. The lowest BCUT2D eigenvalue weighted by molar-refractivity contribution is 0.102. The summed E-state index contributed by atoms with van der Waals surface area (Å²) < 4.78 is 8.08. The molecule has 0 saturated heterocycles. The fourth-order valence-electron chi connectivity index (χ4n) is 2.29. The van der Waals surface area contributed by atoms with Crippen molar-refractivity contribution in [2.24, 2.45) is 0 Å². The number of fused-ring (bicyclic) bond motifs is 3. The van der Waals surface area contributed by atoms with Gasteiger partial charge in [0.25, 0.3) is 11.1 Å². The van der Waals surface area contributed by atoms with Crippen LogP contribution in [0.15, 0.2) is 40.9 Å². The molecule has 0 aliphatic rings. The molecular weight excluding hydrogens is 410 g/mol. The number of hydrogen-bond acceptors (Lipinski definition) is 6. The number of anilines is 1. The summed E-state index contributed by atoms with van der Waals surface area (Å²) in [5.41, 5.74) is 2.29. The number of carbonyl (C=O) groups excluding carboxylic acids is 1. The summed E-state index contributed by atoms with van der Waals surface area (Å²) in [6.45, 7) is 0. The molecule has 120 valence electrons. The molecule has 0 saturated carbocycles. The normalized spacial score (nSPS) is 11.1. The molecule has 1 N–H and O–H groups in total. The van der Waals surface area contributed by atoms with Crippen molar-refractivity contribution in [2.75, 3.05) is 12.4 Å². The maximum atomic E-state index is 12.4. The Morgan fingerprint density at radius 1 is 1.12 bits per heavy atom. The largest absolute Gasteiger partial charge is 0.473 e. The van der Waals surface area contributed by atoms with Crippen LogP contribution in [0.2, 0.25) is 0 Å². The second-order valence-electron chi connectivity index (χ2n) is 4.93. The molecule has 4 aromatic rings. The molecule has 1 amide bonds. The lowest BCUT2D eigenvalue weighted by Gasteiger charge is -2.01. The zero-order chi connectivity index (χ0) is 16.7. The van der Waals surface area contributed by atoms with Gasteiger partial charge in [0.2, 0.25) is 0 Å². The molecule has 2 heterocycles. The standard InChI is InChI=1S/C16H10BrN3O2S2/c1-22-16-19-11-6-5-10-12(13(11)24-16)23-15(18-10)20-14(21)8-3-2-4-9(17)7-8/h2-7H,1H3,(H,18,20,21). The van der Waals surface area contributed by atoms with Crippen LogP contribution in [-0.2, 0) is 0 Å². The first-order chi connectivity index (χ1) is 11.6. The van der Waals surface area contributed by atoms with Gasteiger partial charge in [-0.05, 0) is 30.3 Å². The van der Waals surface area contributed by atoms with Crippen LogP contribution >= 0.6 is 38.6 Å². The summed E-state index contributed by atoms with van der Waals surface area (Å²) in [5.74, 6) is -0.187. The number of rotatable bonds is 3. The number of ether oxygens (including phenoxy) is 1. The van der Waals surface area contributed by atoms with Gasteiger partial charge < -0.3 is 4.74 Å². The van der Waals surface area contributed by atoms with Crippen LogP contribution in [0.25, 0.3) is 20.4 Å². The van der Waals surface area contributed by atoms with Crippen molar-refractivity contribution in [3.05, 3.63) is 46.4 Å². The Morgan fingerprint density at radius 2 is 1.88 bits per heavy atom. The van der Waals surface area contributed by atoms with Crippen molar-refractivity contribution < 1.29 is 9.53 Å². The molecule has 24 heavy (non-hydrogen) atoms. The van der Waals surface area contributed by atoms with E-state index < -0.39 is 0 Å². The van der Waals surface area contributed by atoms with Gasteiger partial charge in [0.1, 0.15) is 0 Å². The highest BCUT2D eigenvalue weighted by molar-refractivity contribution is 9.10. The molecule has 0 aliphatic carbocycles. The second kappa shape index (κ2) is 6.12. The minimum Gasteiger partial charge on any atom is -0.473 e. The fraction of sp³-hybridized carbons (Fsp3) is 0.0625. The fourth-order valence-corrected chi connectivity index (χ4v) is 4.66. The van der Waals surface area contributed by atoms with Crippen LogP contribution in [0.3, 0.4) is 0 Å². The van der Waals surface area contributed by atoms with Crippen LogP contribution in [0.5, 0.6) is 5.19 Å². The highest BCUT2D eigenvalue weighted by Crippen LogP contribution is 2.38. The Labute approximate surface area is 153 Å². The van der Waals surface area contributed by atoms with E-state index in [1.165, 1.54) is 22.7 Å². The van der Waals surface area contributed by atoms with E-state index in [0.717, 1.165) is 24.9 Å². The quantitative estimate of drug-likeness (QED) is 0.511. The summed E-state index contributed by atoms with van der Waals surface area (Å²) in [7, 11) is 1.60. The Hall–Kier alpha value is -2.03. The summed E-state index contributed by atoms with van der Waals surface area (Å²) in [6.07, 6.45) is 0. The molecule has 4 rings (SSSR count). The van der Waals surface area contributed by atoms with Gasteiger partial charge in [-0.3, -0.25) is 10.1 Å². The lowest BCUT2D eigenvalue weighted by atomic mass is 10.2. The van der Waals surface area contributed by atoms with Gasteiger partial charge >= 0.3 is 0 Å². The van der Waals surface area contributed by atoms with Crippen molar-refractivity contribution in [3.8, 4) is 5.19 Å². The minimum absolute atomic E-state index is 0.187. The van der Waals surface area contributed by atoms with Gasteiger partial charge in [0.15, 0.2) is 5.13 Å². The first-order valence-corrected chi connectivity index (χ1v) is 9.37. The van der Waals surface area contributed by atoms with Crippen LogP contribution in [0.4, 0.5) is 5.13 Å². The summed E-state index contributed by atoms with van der Waals surface area (Å²) in [6, 6.07) is 11.1. The Morgan fingerprint density at radius 3 is 2.62 bits per heavy atom. The number of nitrogens with zero attached hydrogens (tertiary/aromatic N) is 2. The van der Waals surface area contributed by atoms with Gasteiger partial charge in [-0.15, -0.1) is 0 Å². The molecule has 0 unspecified atom stereocenters. The predicted octanol–water partition coefficient (Wildman–Crippen LogP) is 4.93. The monoisotopic (exact) mass is 419 g/mol. The SMILES string of the molecule is COc1nc2ccc3nc(NC(=O)c4cccc(Br)c4)sc3c2s1. The van der Waals surface area contributed by atoms with E-state index in [1.54, 1.807) is 19.2 Å². The smallest absolute Gasteiger partial charge is 0.274 e. The van der Waals surface area contributed by atoms with Gasteiger partial charge in [-0.1, -0.05) is 44.7 Å². The zero-order valence-electron chi connectivity index (χ0n) is 12.4. The van der Waals surface area contributed by atoms with Crippen molar-refractivity contribution in [1.82, 2.24) is 9.97 Å². The van der Waals surface area contributed by atoms with Crippen molar-refractivity contribution in [2.45, 2.75) is 0 Å². The molecule has 0 fully saturated rings. The van der Waals surface area contributed by atoms with Crippen molar-refractivity contribution in [3.63, 3.8) is 0 Å². The molecule has 5 nitrogen and oxygen atoms in total. The lowest BCUT2D eigenvalue weighted by Crippen LogP contribution is -2.11. The predicted molar refractivity (Wildman–Crippen MR) is 101 cm³/mol. The van der Waals surface area contributed by atoms with Gasteiger partial charge in [0, 0.05) is 10.0 Å². The number of benzene rings is 2. The van der Waals surface area contributed by atoms with E-state index in [-0.39, 0.29) is 5.91 Å². The van der Waals surface area contributed by atoms with E-state index in [0.29, 0.717) is 15.9 Å². The van der Waals surface area contributed by atoms with Crippen LogP contribution in [0, 0.1) is 0 Å². The Balaban J connectivity index is 1.71. The summed E-state index contributed by atoms with van der Waals surface area (Å²) >= 11 is 6.28. The van der Waals surface area contributed by atoms with Gasteiger partial charge in [-0.25, -0.2) is 9.97 Å². The van der Waals surface area contributed by atoms with E-state index >= 15 is 0 Å². The average molecular weight is 420 g/mol. The number of carbonyl (C=O) groups is 1. The van der Waals surface area contributed by atoms with Crippen molar-refractivity contribution >= 4 is 70.1 Å². The van der Waals surface area contributed by atoms with E-state index in [9.17, 15) is 4.79 Å². The first kappa shape index (κ1) is 15.5. The molecule has 2 aromatic carbocycles. The number of amides is 1. The third kappa shape index (κ3) is 2.77. The molecule has 0 bridgehead atoms. The number of halogens is 1. The van der Waals surface area contributed by atoms with Crippen molar-refractivity contribution in [1.29, 1.82) is 0 Å². The maximum Gasteiger partial charge on any atom is 0.274 e. The summed E-state index contributed by atoms with van der Waals surface area (Å²) in [4.78, 5) is 21.3. The molecular formula is C16H10BrN3O2S2. The number of methoxy groups -OCH3 is 1. The minimum atomic E-state index is -0.187. The van der Waals surface area contributed by atoms with E-state index in [2.05, 4.69) is 31.2 Å². The molecule has 0 aliphatic heterocycles. The number of aromatic nitrogens is 2. The highest BCUT2D eigenvalue weighted by atomic mass is 79.9. The summed E-state index contributed by atoms with van der Waals surface area (Å²) in [5, 5.41) is 4.04. The van der Waals surface area contributed by atoms with Crippen LogP contribution < -0.4 is 10.1 Å². The van der Waals surface area contributed by atoms with Gasteiger partial charge in [0.05, 0.1) is 27.5 Å². The third-order valence-electron chi connectivity index (χ3n) is 3.37. The van der Waals surface area contributed by atoms with Gasteiger partial charge in [-0.2, -0.15) is 0 Å². The number of hydrogen-bond donors (Lipinski definition) is 1. The number of thiazole rings is 2. The Bertz CT molecular complexity index is 1070. The molecule has 2 aromatic heterocycles. The van der Waals surface area contributed by atoms with E-state index in [1.807, 2.05) is 24.3 Å². The maximum absolute atomic E-state index is 12.4. The zero-order valence-corrected chi connectivity index (χ0v) is 15.6. The van der Waals surface area contributed by atoms with Crippen LogP contribution in [0.1, 0.15) is 10.4 Å². The van der Waals surface area contributed by atoms with Crippen LogP contribution in [-0.4, -0.2) is 23.0 Å². The second-order valence-corrected chi connectivity index (χ2v) is 7.81. The topological polar surface area (TPSA) is 64.1 Å². The molecule has 0 spiro atoms. The number of nitrogens with one attached hydrogen (secondary N) is 1.